The molecule has 1 aromatic heterocycles. The number of benzene rings is 3. The van der Waals surface area contributed by atoms with Crippen molar-refractivity contribution >= 4 is 22.6 Å². The quantitative estimate of drug-likeness (QED) is 0.215. The molecule has 4 nitrogen and oxygen atoms in total. The van der Waals surface area contributed by atoms with Gasteiger partial charge in [-0.1, -0.05) is 114 Å². The van der Waals surface area contributed by atoms with Crippen LogP contribution in [0.25, 0.3) is 0 Å². The Bertz CT molecular complexity index is 904. The minimum atomic E-state index is -0.631. The number of aryl methyl sites for hydroxylation is 1. The summed E-state index contributed by atoms with van der Waals surface area (Å²) in [5.74, 6) is 0.897. The van der Waals surface area contributed by atoms with Gasteiger partial charge >= 0.3 is 0 Å². The summed E-state index contributed by atoms with van der Waals surface area (Å²) in [4.78, 5) is 0. The summed E-state index contributed by atoms with van der Waals surface area (Å²) in [6, 6.07) is 31.5. The number of tetrazole rings is 1. The Balaban J connectivity index is 2.07. The molecule has 1 heterocycles. The van der Waals surface area contributed by atoms with Crippen LogP contribution in [-0.2, 0) is 12.0 Å². The van der Waals surface area contributed by atoms with E-state index >= 15 is 0 Å². The predicted octanol–water partition coefficient (Wildman–Crippen LogP) is 4.88. The Morgan fingerprint density at radius 3 is 1.61 bits per heavy atom. The van der Waals surface area contributed by atoms with E-state index in [0.29, 0.717) is 0 Å². The molecule has 28 heavy (non-hydrogen) atoms. The fourth-order valence-corrected chi connectivity index (χ4v) is 4.13. The number of halogens is 1. The highest BCUT2D eigenvalue weighted by molar-refractivity contribution is 14.1. The summed E-state index contributed by atoms with van der Waals surface area (Å²) in [6.45, 7) is 0. The molecule has 0 radical (unpaired) electrons. The maximum atomic E-state index is 4.52. The van der Waals surface area contributed by atoms with Gasteiger partial charge in [-0.05, 0) is 38.0 Å². The van der Waals surface area contributed by atoms with Crippen molar-refractivity contribution in [3.63, 3.8) is 0 Å². The van der Waals surface area contributed by atoms with E-state index in [9.17, 15) is 0 Å². The van der Waals surface area contributed by atoms with E-state index in [1.807, 2.05) is 22.9 Å². The fraction of sp³-hybridized carbons (Fsp3) is 0.174. The van der Waals surface area contributed by atoms with Crippen LogP contribution in [0.3, 0.4) is 0 Å². The van der Waals surface area contributed by atoms with Gasteiger partial charge in [0.1, 0.15) is 5.54 Å². The van der Waals surface area contributed by atoms with Crippen molar-refractivity contribution in [2.45, 2.75) is 18.4 Å². The smallest absolute Gasteiger partial charge is 0.153 e. The van der Waals surface area contributed by atoms with Crippen LogP contribution in [0, 0.1) is 0 Å². The minimum absolute atomic E-state index is 0.631. The third kappa shape index (κ3) is 3.35. The van der Waals surface area contributed by atoms with E-state index in [0.717, 1.165) is 39.8 Å². The minimum Gasteiger partial charge on any atom is -0.210 e. The average molecular weight is 480 g/mol. The molecule has 0 unspecified atom stereocenters. The van der Waals surface area contributed by atoms with E-state index in [1.54, 1.807) is 0 Å². The standard InChI is InChI=1S/C23H21IN4/c24-18-10-17-22-25-26-27-28(22)23(19-11-4-1-5-12-19,20-13-6-2-7-14-20)21-15-8-3-9-16-21/h1-9,11-16H,10,17-18H2. The number of hydrogen-bond donors (Lipinski definition) is 0. The van der Waals surface area contributed by atoms with Crippen LogP contribution in [0.4, 0.5) is 0 Å². The largest absolute Gasteiger partial charge is 0.210 e. The van der Waals surface area contributed by atoms with E-state index in [2.05, 4.69) is 111 Å². The molecule has 0 saturated heterocycles. The van der Waals surface area contributed by atoms with Gasteiger partial charge in [-0.25, -0.2) is 4.68 Å². The molecule has 4 aromatic rings. The number of hydrogen-bond acceptors (Lipinski definition) is 3. The van der Waals surface area contributed by atoms with E-state index < -0.39 is 5.54 Å². The highest BCUT2D eigenvalue weighted by Crippen LogP contribution is 2.40. The lowest BCUT2D eigenvalue weighted by atomic mass is 9.77. The molecule has 0 bridgehead atoms. The molecule has 0 aliphatic rings. The fourth-order valence-electron chi connectivity index (χ4n) is 3.75. The van der Waals surface area contributed by atoms with Gasteiger partial charge < -0.3 is 0 Å². The molecule has 0 fully saturated rings. The van der Waals surface area contributed by atoms with Crippen molar-refractivity contribution in [1.29, 1.82) is 0 Å². The maximum absolute atomic E-state index is 4.52. The van der Waals surface area contributed by atoms with Crippen molar-refractivity contribution in [2.75, 3.05) is 4.43 Å². The normalized spacial score (nSPS) is 11.5. The van der Waals surface area contributed by atoms with Crippen molar-refractivity contribution in [3.05, 3.63) is 114 Å². The van der Waals surface area contributed by atoms with Crippen LogP contribution < -0.4 is 0 Å². The van der Waals surface area contributed by atoms with Crippen LogP contribution in [-0.4, -0.2) is 24.6 Å². The van der Waals surface area contributed by atoms with E-state index in [1.165, 1.54) is 0 Å². The van der Waals surface area contributed by atoms with Crippen molar-refractivity contribution in [3.8, 4) is 0 Å². The molecule has 0 N–H and O–H groups in total. The Kier molecular flexibility index (Phi) is 5.81. The second-order valence-corrected chi connectivity index (χ2v) is 7.69. The van der Waals surface area contributed by atoms with Gasteiger partial charge in [0.05, 0.1) is 0 Å². The van der Waals surface area contributed by atoms with Gasteiger partial charge in [-0.15, -0.1) is 5.10 Å². The van der Waals surface area contributed by atoms with Crippen molar-refractivity contribution in [1.82, 2.24) is 20.2 Å². The van der Waals surface area contributed by atoms with Crippen LogP contribution in [0.15, 0.2) is 91.0 Å². The zero-order chi connectivity index (χ0) is 19.2. The Morgan fingerprint density at radius 1 is 0.714 bits per heavy atom. The summed E-state index contributed by atoms with van der Waals surface area (Å²) in [7, 11) is 0. The lowest BCUT2D eigenvalue weighted by Gasteiger charge is -2.36. The summed E-state index contributed by atoms with van der Waals surface area (Å²) in [5, 5.41) is 13.0. The van der Waals surface area contributed by atoms with Gasteiger partial charge in [0.25, 0.3) is 0 Å². The van der Waals surface area contributed by atoms with Gasteiger partial charge in [-0.2, -0.15) is 0 Å². The Morgan fingerprint density at radius 2 is 1.18 bits per heavy atom. The van der Waals surface area contributed by atoms with Crippen LogP contribution in [0.1, 0.15) is 28.9 Å². The van der Waals surface area contributed by atoms with Crippen molar-refractivity contribution in [2.24, 2.45) is 0 Å². The molecular weight excluding hydrogens is 459 g/mol. The highest BCUT2D eigenvalue weighted by atomic mass is 127. The first kappa shape index (κ1) is 18.8. The monoisotopic (exact) mass is 480 g/mol. The van der Waals surface area contributed by atoms with Crippen LogP contribution >= 0.6 is 22.6 Å². The first-order valence-corrected chi connectivity index (χ1v) is 10.9. The van der Waals surface area contributed by atoms with Gasteiger partial charge in [0.2, 0.25) is 0 Å². The summed E-state index contributed by atoms with van der Waals surface area (Å²) in [5.41, 5.74) is 2.77. The molecule has 0 saturated carbocycles. The number of rotatable bonds is 7. The van der Waals surface area contributed by atoms with Gasteiger partial charge in [0.15, 0.2) is 5.82 Å². The van der Waals surface area contributed by atoms with Crippen molar-refractivity contribution < 1.29 is 0 Å². The van der Waals surface area contributed by atoms with Crippen LogP contribution in [0.2, 0.25) is 0 Å². The summed E-state index contributed by atoms with van der Waals surface area (Å²) < 4.78 is 3.08. The molecule has 0 amide bonds. The molecular formula is C23H21IN4. The summed E-state index contributed by atoms with van der Waals surface area (Å²) in [6.07, 6.45) is 1.87. The first-order chi connectivity index (χ1) is 13.9. The van der Waals surface area contributed by atoms with Crippen LogP contribution in [0.5, 0.6) is 0 Å². The van der Waals surface area contributed by atoms with E-state index in [-0.39, 0.29) is 0 Å². The second kappa shape index (κ2) is 8.65. The third-order valence-electron chi connectivity index (χ3n) is 4.96. The zero-order valence-corrected chi connectivity index (χ0v) is 17.6. The molecule has 140 valence electrons. The second-order valence-electron chi connectivity index (χ2n) is 6.61. The highest BCUT2D eigenvalue weighted by Gasteiger charge is 2.41. The molecule has 0 spiro atoms. The molecule has 0 atom stereocenters. The Labute approximate surface area is 178 Å². The first-order valence-electron chi connectivity index (χ1n) is 9.37. The number of aromatic nitrogens is 4. The molecule has 0 aliphatic carbocycles. The molecule has 3 aromatic carbocycles. The maximum Gasteiger partial charge on any atom is 0.153 e. The van der Waals surface area contributed by atoms with E-state index in [4.69, 9.17) is 0 Å². The SMILES string of the molecule is ICCCc1nnnn1C(c1ccccc1)(c1ccccc1)c1ccccc1. The molecule has 4 rings (SSSR count). The zero-order valence-electron chi connectivity index (χ0n) is 15.4. The summed E-state index contributed by atoms with van der Waals surface area (Å²) >= 11 is 2.40. The number of nitrogens with zero attached hydrogens (tertiary/aromatic N) is 4. The molecule has 5 heteroatoms. The van der Waals surface area contributed by atoms with Gasteiger partial charge in [0, 0.05) is 6.42 Å². The molecule has 0 aliphatic heterocycles. The topological polar surface area (TPSA) is 43.6 Å². The van der Waals surface area contributed by atoms with Gasteiger partial charge in [-0.3, -0.25) is 0 Å². The lowest BCUT2D eigenvalue weighted by Crippen LogP contribution is -2.40. The number of alkyl halides is 1. The Hall–Kier alpha value is -2.54. The predicted molar refractivity (Wildman–Crippen MR) is 120 cm³/mol. The average Bonchev–Trinajstić information content (AvgIpc) is 3.24. The third-order valence-corrected chi connectivity index (χ3v) is 5.72. The lowest BCUT2D eigenvalue weighted by molar-refractivity contribution is 0.429.